The molecule has 1 heterocycles. The van der Waals surface area contributed by atoms with Crippen molar-refractivity contribution < 1.29 is 14.3 Å². The van der Waals surface area contributed by atoms with Gasteiger partial charge in [0, 0.05) is 24.6 Å². The summed E-state index contributed by atoms with van der Waals surface area (Å²) in [7, 11) is 0. The first-order valence-corrected chi connectivity index (χ1v) is 6.11. The number of rotatable bonds is 5. The maximum absolute atomic E-state index is 11.8. The first-order chi connectivity index (χ1) is 8.76. The van der Waals surface area contributed by atoms with Crippen molar-refractivity contribution in [3.63, 3.8) is 0 Å². The van der Waals surface area contributed by atoms with Crippen LogP contribution in [-0.2, 0) is 11.3 Å². The second-order valence-corrected chi connectivity index (χ2v) is 4.21. The van der Waals surface area contributed by atoms with Crippen LogP contribution < -0.4 is 20.5 Å². The summed E-state index contributed by atoms with van der Waals surface area (Å²) in [4.78, 5) is 11.8. The second kappa shape index (κ2) is 5.73. The first-order valence-electron chi connectivity index (χ1n) is 6.11. The molecule has 98 valence electrons. The van der Waals surface area contributed by atoms with Gasteiger partial charge in [0.25, 0.3) is 0 Å². The van der Waals surface area contributed by atoms with Crippen LogP contribution in [0.1, 0.15) is 18.9 Å². The topological polar surface area (TPSA) is 73.6 Å². The van der Waals surface area contributed by atoms with Crippen molar-refractivity contribution in [3.8, 4) is 11.5 Å². The Kier molecular flexibility index (Phi) is 4.04. The molecule has 1 unspecified atom stereocenters. The minimum absolute atomic E-state index is 0.0171. The van der Waals surface area contributed by atoms with Gasteiger partial charge in [0.15, 0.2) is 11.5 Å². The Morgan fingerprint density at radius 1 is 1.50 bits per heavy atom. The normalized spacial score (nSPS) is 14.3. The Bertz CT molecular complexity index is 430. The number of hydrogen-bond acceptors (Lipinski definition) is 4. The van der Waals surface area contributed by atoms with E-state index in [-0.39, 0.29) is 18.6 Å². The Hall–Kier alpha value is -1.75. The van der Waals surface area contributed by atoms with E-state index < -0.39 is 0 Å². The van der Waals surface area contributed by atoms with Crippen molar-refractivity contribution in [2.24, 2.45) is 11.7 Å². The lowest BCUT2D eigenvalue weighted by molar-refractivity contribution is -0.124. The minimum Gasteiger partial charge on any atom is -0.454 e. The van der Waals surface area contributed by atoms with Gasteiger partial charge in [-0.2, -0.15) is 0 Å². The van der Waals surface area contributed by atoms with Gasteiger partial charge in [-0.1, -0.05) is 19.1 Å². The van der Waals surface area contributed by atoms with E-state index in [1.165, 1.54) is 0 Å². The lowest BCUT2D eigenvalue weighted by Crippen LogP contribution is -2.34. The summed E-state index contributed by atoms with van der Waals surface area (Å²) in [5.41, 5.74) is 6.46. The average Bonchev–Trinajstić information content (AvgIpc) is 2.86. The standard InChI is InChI=1S/C13H18N2O3/c1-2-9(6-14)13(16)15-7-10-4-3-5-11-12(10)18-8-17-11/h3-5,9H,2,6-8,14H2,1H3,(H,15,16). The molecule has 0 saturated carbocycles. The van der Waals surface area contributed by atoms with E-state index >= 15 is 0 Å². The molecule has 1 atom stereocenters. The largest absolute Gasteiger partial charge is 0.454 e. The monoisotopic (exact) mass is 250 g/mol. The molecule has 3 N–H and O–H groups in total. The van der Waals surface area contributed by atoms with Gasteiger partial charge >= 0.3 is 0 Å². The number of para-hydroxylation sites is 1. The molecule has 1 aliphatic rings. The van der Waals surface area contributed by atoms with E-state index in [1.54, 1.807) is 0 Å². The van der Waals surface area contributed by atoms with Crippen molar-refractivity contribution in [3.05, 3.63) is 23.8 Å². The summed E-state index contributed by atoms with van der Waals surface area (Å²) in [5, 5.41) is 2.88. The number of fused-ring (bicyclic) bond motifs is 1. The summed E-state index contributed by atoms with van der Waals surface area (Å²) in [6.45, 7) is 2.99. The number of nitrogens with two attached hydrogens (primary N) is 1. The molecule has 2 rings (SSSR count). The molecule has 0 saturated heterocycles. The van der Waals surface area contributed by atoms with E-state index in [0.29, 0.717) is 13.1 Å². The molecule has 0 spiro atoms. The van der Waals surface area contributed by atoms with Crippen molar-refractivity contribution in [2.45, 2.75) is 19.9 Å². The molecular weight excluding hydrogens is 232 g/mol. The maximum atomic E-state index is 11.8. The molecular formula is C13H18N2O3. The third-order valence-corrected chi connectivity index (χ3v) is 3.08. The van der Waals surface area contributed by atoms with Crippen LogP contribution >= 0.6 is 0 Å². The lowest BCUT2D eigenvalue weighted by atomic mass is 10.1. The zero-order chi connectivity index (χ0) is 13.0. The van der Waals surface area contributed by atoms with Gasteiger partial charge in [0.1, 0.15) is 0 Å². The van der Waals surface area contributed by atoms with Gasteiger partial charge in [-0.3, -0.25) is 4.79 Å². The van der Waals surface area contributed by atoms with Crippen LogP contribution in [0.2, 0.25) is 0 Å². The highest BCUT2D eigenvalue weighted by Crippen LogP contribution is 2.35. The Morgan fingerprint density at radius 3 is 3.06 bits per heavy atom. The fourth-order valence-corrected chi connectivity index (χ4v) is 1.92. The molecule has 1 amide bonds. The van der Waals surface area contributed by atoms with Gasteiger partial charge in [0.2, 0.25) is 12.7 Å². The highest BCUT2D eigenvalue weighted by atomic mass is 16.7. The van der Waals surface area contributed by atoms with Crippen LogP contribution in [0.3, 0.4) is 0 Å². The molecule has 0 aliphatic carbocycles. The van der Waals surface area contributed by atoms with Gasteiger partial charge in [-0.05, 0) is 12.5 Å². The molecule has 0 bridgehead atoms. The molecule has 1 aliphatic heterocycles. The van der Waals surface area contributed by atoms with Crippen LogP contribution in [0, 0.1) is 5.92 Å². The predicted molar refractivity (Wildman–Crippen MR) is 67.2 cm³/mol. The fraction of sp³-hybridized carbons (Fsp3) is 0.462. The average molecular weight is 250 g/mol. The minimum atomic E-state index is -0.126. The molecule has 0 fully saturated rings. The molecule has 0 radical (unpaired) electrons. The summed E-state index contributed by atoms with van der Waals surface area (Å²) < 4.78 is 10.7. The first kappa shape index (κ1) is 12.7. The highest BCUT2D eigenvalue weighted by molar-refractivity contribution is 5.78. The number of hydrogen-bond donors (Lipinski definition) is 2. The smallest absolute Gasteiger partial charge is 0.231 e. The fourth-order valence-electron chi connectivity index (χ4n) is 1.92. The zero-order valence-corrected chi connectivity index (χ0v) is 10.4. The van der Waals surface area contributed by atoms with E-state index in [9.17, 15) is 4.79 Å². The quantitative estimate of drug-likeness (QED) is 0.818. The van der Waals surface area contributed by atoms with Crippen molar-refractivity contribution in [2.75, 3.05) is 13.3 Å². The molecule has 1 aromatic carbocycles. The van der Waals surface area contributed by atoms with E-state index in [1.807, 2.05) is 25.1 Å². The molecule has 5 heteroatoms. The lowest BCUT2D eigenvalue weighted by Gasteiger charge is -2.13. The van der Waals surface area contributed by atoms with Crippen LogP contribution in [0.4, 0.5) is 0 Å². The van der Waals surface area contributed by atoms with Crippen LogP contribution in [-0.4, -0.2) is 19.2 Å². The van der Waals surface area contributed by atoms with E-state index in [0.717, 1.165) is 23.5 Å². The van der Waals surface area contributed by atoms with E-state index in [4.69, 9.17) is 15.2 Å². The number of ether oxygens (including phenoxy) is 2. The van der Waals surface area contributed by atoms with Crippen LogP contribution in [0.5, 0.6) is 11.5 Å². The van der Waals surface area contributed by atoms with Crippen molar-refractivity contribution in [1.29, 1.82) is 0 Å². The van der Waals surface area contributed by atoms with Crippen molar-refractivity contribution >= 4 is 5.91 Å². The zero-order valence-electron chi connectivity index (χ0n) is 10.4. The number of carbonyl (C=O) groups is 1. The van der Waals surface area contributed by atoms with Gasteiger partial charge in [0.05, 0.1) is 0 Å². The van der Waals surface area contributed by atoms with E-state index in [2.05, 4.69) is 5.32 Å². The third-order valence-electron chi connectivity index (χ3n) is 3.08. The summed E-state index contributed by atoms with van der Waals surface area (Å²) >= 11 is 0. The number of nitrogens with one attached hydrogen (secondary N) is 1. The number of amides is 1. The number of carbonyl (C=O) groups excluding carboxylic acids is 1. The Balaban J connectivity index is 1.99. The van der Waals surface area contributed by atoms with Gasteiger partial charge in [-0.15, -0.1) is 0 Å². The van der Waals surface area contributed by atoms with Gasteiger partial charge < -0.3 is 20.5 Å². The van der Waals surface area contributed by atoms with Crippen LogP contribution in [0.15, 0.2) is 18.2 Å². The predicted octanol–water partition coefficient (Wildman–Crippen LogP) is 1.02. The second-order valence-electron chi connectivity index (χ2n) is 4.21. The SMILES string of the molecule is CCC(CN)C(=O)NCc1cccc2c1OCO2. The van der Waals surface area contributed by atoms with Crippen LogP contribution in [0.25, 0.3) is 0 Å². The molecule has 1 aromatic rings. The maximum Gasteiger partial charge on any atom is 0.231 e. The molecule has 0 aromatic heterocycles. The van der Waals surface area contributed by atoms with Crippen molar-refractivity contribution in [1.82, 2.24) is 5.32 Å². The summed E-state index contributed by atoms with van der Waals surface area (Å²) in [6.07, 6.45) is 0.745. The summed E-state index contributed by atoms with van der Waals surface area (Å²) in [6, 6.07) is 5.65. The summed E-state index contributed by atoms with van der Waals surface area (Å²) in [5.74, 6) is 1.31. The number of benzene rings is 1. The van der Waals surface area contributed by atoms with Gasteiger partial charge in [-0.25, -0.2) is 0 Å². The molecule has 5 nitrogen and oxygen atoms in total. The third kappa shape index (κ3) is 2.56. The Morgan fingerprint density at radius 2 is 2.33 bits per heavy atom. The Labute approximate surface area is 106 Å². The molecule has 18 heavy (non-hydrogen) atoms. The highest BCUT2D eigenvalue weighted by Gasteiger charge is 2.19.